The molecule has 0 radical (unpaired) electrons. The van der Waals surface area contributed by atoms with Gasteiger partial charge in [-0.2, -0.15) is 5.10 Å². The van der Waals surface area contributed by atoms with Crippen LogP contribution >= 0.6 is 22.6 Å². The molecule has 21 heavy (non-hydrogen) atoms. The normalized spacial score (nSPS) is 10.4. The van der Waals surface area contributed by atoms with Gasteiger partial charge in [0.25, 0.3) is 0 Å². The number of nitrogen functional groups attached to an aromatic ring is 1. The van der Waals surface area contributed by atoms with Crippen molar-refractivity contribution in [1.29, 1.82) is 0 Å². The number of aryl methyl sites for hydroxylation is 1. The number of nitrogens with one attached hydrogen (secondary N) is 1. The molecule has 0 saturated carbocycles. The Labute approximate surface area is 136 Å². The molecule has 2 rings (SSSR count). The quantitative estimate of drug-likeness (QED) is 0.577. The van der Waals surface area contributed by atoms with E-state index in [1.165, 1.54) is 0 Å². The van der Waals surface area contributed by atoms with E-state index in [4.69, 9.17) is 10.5 Å². The first-order chi connectivity index (χ1) is 10.1. The highest BCUT2D eigenvalue weighted by atomic mass is 127. The molecule has 6 nitrogen and oxygen atoms in total. The first kappa shape index (κ1) is 15.6. The van der Waals surface area contributed by atoms with E-state index in [-0.39, 0.29) is 5.91 Å². The zero-order valence-corrected chi connectivity index (χ0v) is 13.8. The largest absolute Gasteiger partial charge is 0.494 e. The smallest absolute Gasteiger partial charge is 0.224 e. The average molecular weight is 400 g/mol. The van der Waals surface area contributed by atoms with Gasteiger partial charge in [-0.15, -0.1) is 0 Å². The fraction of sp³-hybridized carbons (Fsp3) is 0.286. The molecule has 0 unspecified atom stereocenters. The van der Waals surface area contributed by atoms with Crippen molar-refractivity contribution in [3.8, 4) is 5.75 Å². The Morgan fingerprint density at radius 2 is 2.33 bits per heavy atom. The Balaban J connectivity index is 1.84. The van der Waals surface area contributed by atoms with E-state index in [1.807, 2.05) is 10.9 Å². The maximum Gasteiger partial charge on any atom is 0.224 e. The van der Waals surface area contributed by atoms with E-state index in [2.05, 4.69) is 33.0 Å². The highest BCUT2D eigenvalue weighted by Gasteiger charge is 2.08. The van der Waals surface area contributed by atoms with Gasteiger partial charge in [0.2, 0.25) is 5.91 Å². The summed E-state index contributed by atoms with van der Waals surface area (Å²) in [6, 6.07) is 5.15. The zero-order chi connectivity index (χ0) is 15.2. The zero-order valence-electron chi connectivity index (χ0n) is 11.7. The van der Waals surface area contributed by atoms with Crippen molar-refractivity contribution in [3.63, 3.8) is 0 Å². The van der Waals surface area contributed by atoms with Crippen LogP contribution in [0.5, 0.6) is 5.75 Å². The molecule has 1 heterocycles. The van der Waals surface area contributed by atoms with Gasteiger partial charge in [0, 0.05) is 30.9 Å². The van der Waals surface area contributed by atoms with E-state index in [0.29, 0.717) is 23.5 Å². The van der Waals surface area contributed by atoms with Gasteiger partial charge >= 0.3 is 0 Å². The third-order valence-electron chi connectivity index (χ3n) is 2.89. The van der Waals surface area contributed by atoms with Crippen LogP contribution in [0, 0.1) is 3.57 Å². The SMILES string of the molecule is COc1cc(N)ccc1NC(=O)CCCn1cc(I)cn1. The second-order valence-electron chi connectivity index (χ2n) is 4.53. The number of anilines is 2. The lowest BCUT2D eigenvalue weighted by molar-refractivity contribution is -0.116. The van der Waals surface area contributed by atoms with Crippen LogP contribution < -0.4 is 15.8 Å². The first-order valence-electron chi connectivity index (χ1n) is 6.50. The minimum Gasteiger partial charge on any atom is -0.494 e. The van der Waals surface area contributed by atoms with Crippen molar-refractivity contribution >= 4 is 39.9 Å². The molecule has 2 aromatic rings. The molecule has 1 aromatic carbocycles. The van der Waals surface area contributed by atoms with E-state index in [0.717, 1.165) is 16.5 Å². The second-order valence-corrected chi connectivity index (χ2v) is 5.78. The molecule has 0 bridgehead atoms. The molecule has 112 valence electrons. The fourth-order valence-electron chi connectivity index (χ4n) is 1.89. The van der Waals surface area contributed by atoms with Crippen LogP contribution in [-0.4, -0.2) is 22.8 Å². The Morgan fingerprint density at radius 3 is 3.00 bits per heavy atom. The number of halogens is 1. The maximum atomic E-state index is 11.9. The molecule has 0 aliphatic rings. The number of methoxy groups -OCH3 is 1. The van der Waals surface area contributed by atoms with Gasteiger partial charge in [0.05, 0.1) is 22.6 Å². The number of aromatic nitrogens is 2. The van der Waals surface area contributed by atoms with Crippen LogP contribution in [-0.2, 0) is 11.3 Å². The minimum atomic E-state index is -0.0556. The number of benzene rings is 1. The van der Waals surface area contributed by atoms with E-state index in [9.17, 15) is 4.79 Å². The number of nitrogens with two attached hydrogens (primary N) is 1. The summed E-state index contributed by atoms with van der Waals surface area (Å²) in [5, 5.41) is 7.01. The number of carbonyl (C=O) groups excluding carboxylic acids is 1. The summed E-state index contributed by atoms with van der Waals surface area (Å²) < 4.78 is 8.11. The Morgan fingerprint density at radius 1 is 1.52 bits per heavy atom. The van der Waals surface area contributed by atoms with Gasteiger partial charge in [-0.1, -0.05) is 0 Å². The Hall–Kier alpha value is -1.77. The predicted molar refractivity (Wildman–Crippen MR) is 90.2 cm³/mol. The van der Waals surface area contributed by atoms with Crippen molar-refractivity contribution in [2.24, 2.45) is 0 Å². The van der Waals surface area contributed by atoms with Gasteiger partial charge < -0.3 is 15.8 Å². The number of hydrogen-bond acceptors (Lipinski definition) is 4. The standard InChI is InChI=1S/C14H17IN4O2/c1-21-13-7-11(16)4-5-12(13)18-14(20)3-2-6-19-9-10(15)8-17-19/h4-5,7-9H,2-3,6,16H2,1H3,(H,18,20). The molecule has 0 aliphatic heterocycles. The topological polar surface area (TPSA) is 82.2 Å². The Bertz CT molecular complexity index is 627. The lowest BCUT2D eigenvalue weighted by Crippen LogP contribution is -2.13. The van der Waals surface area contributed by atoms with Crippen molar-refractivity contribution in [3.05, 3.63) is 34.2 Å². The lowest BCUT2D eigenvalue weighted by Gasteiger charge is -2.10. The summed E-state index contributed by atoms with van der Waals surface area (Å²) in [5.41, 5.74) is 6.90. The van der Waals surface area contributed by atoms with Gasteiger partial charge in [-0.05, 0) is 41.1 Å². The third-order valence-corrected chi connectivity index (χ3v) is 3.45. The van der Waals surface area contributed by atoms with Crippen molar-refractivity contribution in [1.82, 2.24) is 9.78 Å². The number of hydrogen-bond donors (Lipinski definition) is 2. The minimum absolute atomic E-state index is 0.0556. The molecule has 0 aliphatic carbocycles. The summed E-state index contributed by atoms with van der Waals surface area (Å²) in [6.45, 7) is 0.718. The van der Waals surface area contributed by atoms with Crippen LogP contribution in [0.15, 0.2) is 30.6 Å². The van der Waals surface area contributed by atoms with Crippen LogP contribution in [0.4, 0.5) is 11.4 Å². The van der Waals surface area contributed by atoms with Gasteiger partial charge in [-0.25, -0.2) is 0 Å². The number of ether oxygens (including phenoxy) is 1. The van der Waals surface area contributed by atoms with Gasteiger partial charge in [0.15, 0.2) is 0 Å². The summed E-state index contributed by atoms with van der Waals surface area (Å²) in [7, 11) is 1.55. The molecule has 3 N–H and O–H groups in total. The van der Waals surface area contributed by atoms with E-state index < -0.39 is 0 Å². The van der Waals surface area contributed by atoms with Crippen LogP contribution in [0.2, 0.25) is 0 Å². The van der Waals surface area contributed by atoms with Crippen LogP contribution in [0.3, 0.4) is 0 Å². The lowest BCUT2D eigenvalue weighted by atomic mass is 10.2. The third kappa shape index (κ3) is 4.62. The summed E-state index contributed by atoms with van der Waals surface area (Å²) in [4.78, 5) is 11.9. The Kier molecular flexibility index (Phi) is 5.43. The van der Waals surface area contributed by atoms with Crippen molar-refractivity contribution < 1.29 is 9.53 Å². The van der Waals surface area contributed by atoms with Crippen molar-refractivity contribution in [2.45, 2.75) is 19.4 Å². The van der Waals surface area contributed by atoms with Crippen LogP contribution in [0.25, 0.3) is 0 Å². The second kappa shape index (κ2) is 7.30. The number of rotatable bonds is 6. The summed E-state index contributed by atoms with van der Waals surface area (Å²) >= 11 is 2.20. The van der Waals surface area contributed by atoms with E-state index in [1.54, 1.807) is 31.5 Å². The fourth-order valence-corrected chi connectivity index (χ4v) is 2.33. The van der Waals surface area contributed by atoms with Crippen LogP contribution in [0.1, 0.15) is 12.8 Å². The number of carbonyl (C=O) groups is 1. The molecule has 0 fully saturated rings. The highest BCUT2D eigenvalue weighted by molar-refractivity contribution is 14.1. The molecule has 1 aromatic heterocycles. The van der Waals surface area contributed by atoms with Crippen molar-refractivity contribution in [2.75, 3.05) is 18.2 Å². The maximum absolute atomic E-state index is 11.9. The molecule has 0 saturated heterocycles. The predicted octanol–water partition coefficient (Wildman–Crippen LogP) is 2.50. The van der Waals surface area contributed by atoms with E-state index >= 15 is 0 Å². The number of amides is 1. The molecule has 0 spiro atoms. The summed E-state index contributed by atoms with van der Waals surface area (Å²) in [6.07, 6.45) is 4.88. The molecular weight excluding hydrogens is 383 g/mol. The molecule has 7 heteroatoms. The first-order valence-corrected chi connectivity index (χ1v) is 7.57. The molecule has 0 atom stereocenters. The van der Waals surface area contributed by atoms with Gasteiger partial charge in [-0.3, -0.25) is 9.48 Å². The number of nitrogens with zero attached hydrogens (tertiary/aromatic N) is 2. The monoisotopic (exact) mass is 400 g/mol. The average Bonchev–Trinajstić information content (AvgIpc) is 2.86. The molecule has 1 amide bonds. The summed E-state index contributed by atoms with van der Waals surface area (Å²) in [5.74, 6) is 0.505. The highest BCUT2D eigenvalue weighted by Crippen LogP contribution is 2.26. The van der Waals surface area contributed by atoms with Gasteiger partial charge in [0.1, 0.15) is 5.75 Å². The molecular formula is C14H17IN4O2.